The first-order valence-electron chi connectivity index (χ1n) is 14.0. The number of aliphatic hydroxyl groups excluding tert-OH is 2. The Morgan fingerprint density at radius 3 is 2.51 bits per heavy atom. The molecule has 218 valence electrons. The summed E-state index contributed by atoms with van der Waals surface area (Å²) in [7, 11) is -1.75. The summed E-state index contributed by atoms with van der Waals surface area (Å²) in [5, 5.41) is 51.6. The number of anilines is 1. The van der Waals surface area contributed by atoms with Gasteiger partial charge in [0.05, 0.1) is 30.2 Å². The van der Waals surface area contributed by atoms with Gasteiger partial charge in [-0.1, -0.05) is 66.1 Å². The van der Waals surface area contributed by atoms with Gasteiger partial charge in [-0.2, -0.15) is 0 Å². The summed E-state index contributed by atoms with van der Waals surface area (Å²) in [4.78, 5) is 28.4. The molecule has 0 aromatic heterocycles. The standard InChI is InChI=1S/C31H37BBrNO7/c1-4-18(12-19-13-21(33)9-11-26(19)36)8-10-27(37)28-23(17(2)3)15-24-29(25(28)16-35)31(39)34(30(24)38)22-7-5-6-20(14-22)32(40)41/h5-7,9,11-14,17,24-25,27,29,35-37,40-41H,4,8,10,15-16H2,1-3H3/b18-12+/t24-,25+,27-,29-/m1/s1. The van der Waals surface area contributed by atoms with Crippen LogP contribution in [0.1, 0.15) is 52.0 Å². The molecule has 4 atom stereocenters. The van der Waals surface area contributed by atoms with E-state index >= 15 is 0 Å². The van der Waals surface area contributed by atoms with Gasteiger partial charge in [-0.05, 0) is 73.0 Å². The molecule has 41 heavy (non-hydrogen) atoms. The minimum Gasteiger partial charge on any atom is -0.507 e. The molecule has 4 rings (SSSR count). The number of allylic oxidation sites excluding steroid dienone is 2. The van der Waals surface area contributed by atoms with Gasteiger partial charge in [-0.15, -0.1) is 0 Å². The molecule has 1 aliphatic heterocycles. The van der Waals surface area contributed by atoms with Crippen molar-refractivity contribution >= 4 is 52.1 Å². The number of benzene rings is 2. The molecule has 5 N–H and O–H groups in total. The molecule has 0 spiro atoms. The molecule has 0 saturated carbocycles. The Kier molecular flexibility index (Phi) is 9.92. The van der Waals surface area contributed by atoms with Gasteiger partial charge in [-0.25, -0.2) is 0 Å². The Morgan fingerprint density at radius 1 is 1.15 bits per heavy atom. The van der Waals surface area contributed by atoms with Crippen LogP contribution in [-0.4, -0.2) is 57.0 Å². The maximum Gasteiger partial charge on any atom is 0.488 e. The summed E-state index contributed by atoms with van der Waals surface area (Å²) in [5.74, 6) is -2.94. The Labute approximate surface area is 249 Å². The number of fused-ring (bicyclic) bond motifs is 1. The Bertz CT molecular complexity index is 1370. The van der Waals surface area contributed by atoms with E-state index in [0.717, 1.165) is 20.5 Å². The molecule has 1 heterocycles. The van der Waals surface area contributed by atoms with Gasteiger partial charge in [0.15, 0.2) is 0 Å². The highest BCUT2D eigenvalue weighted by Gasteiger charge is 2.55. The van der Waals surface area contributed by atoms with Gasteiger partial charge >= 0.3 is 7.12 Å². The number of aromatic hydroxyl groups is 1. The van der Waals surface area contributed by atoms with Crippen LogP contribution in [0.25, 0.3) is 6.08 Å². The smallest absolute Gasteiger partial charge is 0.488 e. The van der Waals surface area contributed by atoms with Crippen LogP contribution in [0.15, 0.2) is 63.7 Å². The number of halogens is 1. The summed E-state index contributed by atoms with van der Waals surface area (Å²) in [6.07, 6.45) is 2.90. The molecule has 0 radical (unpaired) electrons. The summed E-state index contributed by atoms with van der Waals surface area (Å²) in [6, 6.07) is 11.2. The molecule has 1 fully saturated rings. The number of aliphatic hydroxyl groups is 2. The van der Waals surface area contributed by atoms with Crippen molar-refractivity contribution in [2.24, 2.45) is 23.7 Å². The van der Waals surface area contributed by atoms with Crippen molar-refractivity contribution in [2.75, 3.05) is 11.5 Å². The van der Waals surface area contributed by atoms with Gasteiger partial charge < -0.3 is 25.4 Å². The lowest BCUT2D eigenvalue weighted by Gasteiger charge is -2.38. The highest BCUT2D eigenvalue weighted by Crippen LogP contribution is 2.48. The number of phenolic OH excluding ortho intramolecular Hbond substituents is 1. The van der Waals surface area contributed by atoms with E-state index in [4.69, 9.17) is 0 Å². The Hall–Kier alpha value is -2.76. The van der Waals surface area contributed by atoms with E-state index in [0.29, 0.717) is 36.8 Å². The van der Waals surface area contributed by atoms with Crippen molar-refractivity contribution in [1.82, 2.24) is 0 Å². The second kappa shape index (κ2) is 13.0. The second-order valence-corrected chi connectivity index (χ2v) is 12.1. The highest BCUT2D eigenvalue weighted by atomic mass is 79.9. The van der Waals surface area contributed by atoms with Crippen LogP contribution in [-0.2, 0) is 9.59 Å². The van der Waals surface area contributed by atoms with E-state index in [9.17, 15) is 35.0 Å². The number of carbonyl (C=O) groups is 2. The minimum absolute atomic E-state index is 0.0146. The largest absolute Gasteiger partial charge is 0.507 e. The molecule has 10 heteroatoms. The maximum absolute atomic E-state index is 13.7. The van der Waals surface area contributed by atoms with Crippen LogP contribution in [0, 0.1) is 23.7 Å². The highest BCUT2D eigenvalue weighted by molar-refractivity contribution is 9.10. The zero-order valence-electron chi connectivity index (χ0n) is 23.5. The second-order valence-electron chi connectivity index (χ2n) is 11.2. The van der Waals surface area contributed by atoms with E-state index in [-0.39, 0.29) is 28.7 Å². The monoisotopic (exact) mass is 625 g/mol. The van der Waals surface area contributed by atoms with E-state index in [1.165, 1.54) is 12.1 Å². The van der Waals surface area contributed by atoms with Crippen LogP contribution in [0.3, 0.4) is 0 Å². The predicted molar refractivity (Wildman–Crippen MR) is 162 cm³/mol. The molecule has 1 saturated heterocycles. The zero-order valence-corrected chi connectivity index (χ0v) is 25.1. The molecule has 0 bridgehead atoms. The number of rotatable bonds is 10. The first kappa shape index (κ1) is 31.2. The topological polar surface area (TPSA) is 139 Å². The average Bonchev–Trinajstić information content (AvgIpc) is 3.20. The fourth-order valence-electron chi connectivity index (χ4n) is 6.21. The molecule has 8 nitrogen and oxygen atoms in total. The quantitative estimate of drug-likeness (QED) is 0.155. The van der Waals surface area contributed by atoms with Crippen LogP contribution >= 0.6 is 15.9 Å². The number of hydrogen-bond donors (Lipinski definition) is 5. The fourth-order valence-corrected chi connectivity index (χ4v) is 6.59. The van der Waals surface area contributed by atoms with Gasteiger partial charge in [0.25, 0.3) is 0 Å². The molecule has 2 aromatic rings. The number of amides is 2. The first-order chi connectivity index (χ1) is 19.5. The lowest BCUT2D eigenvalue weighted by atomic mass is 9.66. The van der Waals surface area contributed by atoms with Crippen molar-refractivity contribution in [3.05, 3.63) is 69.2 Å². The minimum atomic E-state index is -1.75. The number of hydrogen-bond acceptors (Lipinski definition) is 7. The van der Waals surface area contributed by atoms with Crippen molar-refractivity contribution in [3.8, 4) is 5.75 Å². The van der Waals surface area contributed by atoms with E-state index in [1.807, 2.05) is 32.9 Å². The van der Waals surface area contributed by atoms with E-state index in [1.54, 1.807) is 24.3 Å². The molecule has 1 aliphatic carbocycles. The SMILES string of the molecule is CC/C(=C\c1cc(Br)ccc1O)CC[C@@H](O)C1=C(C(C)C)C[C@H]2C(=O)N(c3cccc(B(O)O)c3)C(=O)[C@H]2[C@H]1CO. The summed E-state index contributed by atoms with van der Waals surface area (Å²) in [6.45, 7) is 5.58. The number of phenols is 1. The first-order valence-corrected chi connectivity index (χ1v) is 14.8. The van der Waals surface area contributed by atoms with Crippen LogP contribution in [0.4, 0.5) is 5.69 Å². The van der Waals surface area contributed by atoms with Crippen LogP contribution < -0.4 is 10.4 Å². The molecule has 2 amide bonds. The zero-order chi connectivity index (χ0) is 30.0. The summed E-state index contributed by atoms with van der Waals surface area (Å²) in [5.41, 5.74) is 3.62. The van der Waals surface area contributed by atoms with Gasteiger partial charge in [0.2, 0.25) is 11.8 Å². The predicted octanol–water partition coefficient (Wildman–Crippen LogP) is 3.54. The third-order valence-electron chi connectivity index (χ3n) is 8.34. The lowest BCUT2D eigenvalue weighted by Crippen LogP contribution is -2.40. The number of imide groups is 1. The third-order valence-corrected chi connectivity index (χ3v) is 8.83. The number of nitrogens with zero attached hydrogens (tertiary/aromatic N) is 1. The van der Waals surface area contributed by atoms with Crippen molar-refractivity contribution in [2.45, 2.75) is 52.6 Å². The number of carbonyl (C=O) groups excluding carboxylic acids is 2. The van der Waals surface area contributed by atoms with Gasteiger partial charge in [-0.3, -0.25) is 14.5 Å². The fraction of sp³-hybridized carbons (Fsp3) is 0.419. The molecular weight excluding hydrogens is 589 g/mol. The van der Waals surface area contributed by atoms with E-state index < -0.39 is 43.5 Å². The summed E-state index contributed by atoms with van der Waals surface area (Å²) >= 11 is 3.43. The lowest BCUT2D eigenvalue weighted by molar-refractivity contribution is -0.123. The molecule has 2 aliphatic rings. The maximum atomic E-state index is 13.7. The molecule has 2 aromatic carbocycles. The molecule has 0 unspecified atom stereocenters. The van der Waals surface area contributed by atoms with Crippen molar-refractivity contribution < 1.29 is 35.0 Å². The van der Waals surface area contributed by atoms with Crippen molar-refractivity contribution in [1.29, 1.82) is 0 Å². The van der Waals surface area contributed by atoms with Crippen LogP contribution in [0.5, 0.6) is 5.75 Å². The van der Waals surface area contributed by atoms with E-state index in [2.05, 4.69) is 15.9 Å². The Morgan fingerprint density at radius 2 is 1.88 bits per heavy atom. The van der Waals surface area contributed by atoms with Crippen molar-refractivity contribution in [3.63, 3.8) is 0 Å². The third kappa shape index (κ3) is 6.37. The molecular formula is C31H37BBrNO7. The van der Waals surface area contributed by atoms with Crippen LogP contribution in [0.2, 0.25) is 0 Å². The van der Waals surface area contributed by atoms with Gasteiger partial charge in [0.1, 0.15) is 5.75 Å². The summed E-state index contributed by atoms with van der Waals surface area (Å²) < 4.78 is 0.843. The normalized spacial score (nSPS) is 22.0. The Balaban J connectivity index is 1.63. The van der Waals surface area contributed by atoms with Gasteiger partial charge in [0, 0.05) is 16.0 Å². The average molecular weight is 626 g/mol.